The van der Waals surface area contributed by atoms with Crippen molar-refractivity contribution in [3.8, 4) is 0 Å². The number of rotatable bonds is 5. The molecule has 0 bridgehead atoms. The van der Waals surface area contributed by atoms with Gasteiger partial charge in [0.15, 0.2) is 5.82 Å². The van der Waals surface area contributed by atoms with Gasteiger partial charge in [-0.25, -0.2) is 4.79 Å². The van der Waals surface area contributed by atoms with E-state index in [4.69, 9.17) is 9.26 Å². The summed E-state index contributed by atoms with van der Waals surface area (Å²) in [6, 6.07) is 7.25. The molecule has 0 N–H and O–H groups in total. The van der Waals surface area contributed by atoms with E-state index in [1.54, 1.807) is 12.1 Å². The molecule has 0 aliphatic heterocycles. The Morgan fingerprint density at radius 3 is 2.80 bits per heavy atom. The smallest absolute Gasteiger partial charge is 0.339 e. The van der Waals surface area contributed by atoms with Crippen molar-refractivity contribution in [2.24, 2.45) is 0 Å². The highest BCUT2D eigenvalue weighted by Gasteiger charge is 2.16. The minimum Gasteiger partial charge on any atom is -0.465 e. The van der Waals surface area contributed by atoms with Gasteiger partial charge in [0, 0.05) is 13.5 Å². The van der Waals surface area contributed by atoms with Crippen LogP contribution in [0, 0.1) is 0 Å². The lowest BCUT2D eigenvalue weighted by molar-refractivity contribution is 0.0601. The number of carbonyl (C=O) groups excluding carboxylic acids is 1. The Labute approximate surface area is 117 Å². The van der Waals surface area contributed by atoms with Crippen molar-refractivity contribution in [2.45, 2.75) is 19.9 Å². The number of methoxy groups -OCH3 is 1. The van der Waals surface area contributed by atoms with E-state index >= 15 is 0 Å². The van der Waals surface area contributed by atoms with E-state index in [9.17, 15) is 4.79 Å². The molecule has 6 heteroatoms. The third-order valence-electron chi connectivity index (χ3n) is 2.91. The quantitative estimate of drug-likeness (QED) is 0.778. The minimum absolute atomic E-state index is 0.366. The molecule has 0 atom stereocenters. The number of hydrogen-bond acceptors (Lipinski definition) is 6. The van der Waals surface area contributed by atoms with Gasteiger partial charge in [-0.1, -0.05) is 24.2 Å². The molecule has 6 nitrogen and oxygen atoms in total. The molecule has 1 aromatic carbocycles. The first-order valence-corrected chi connectivity index (χ1v) is 6.35. The number of esters is 1. The Morgan fingerprint density at radius 2 is 2.15 bits per heavy atom. The van der Waals surface area contributed by atoms with Crippen LogP contribution in [0.1, 0.15) is 29.0 Å². The number of carbonyl (C=O) groups is 1. The van der Waals surface area contributed by atoms with Crippen LogP contribution in [0.2, 0.25) is 0 Å². The van der Waals surface area contributed by atoms with Crippen LogP contribution in [0.5, 0.6) is 0 Å². The van der Waals surface area contributed by atoms with Crippen molar-refractivity contribution in [3.63, 3.8) is 0 Å². The van der Waals surface area contributed by atoms with Gasteiger partial charge in [-0.05, 0) is 12.1 Å². The Bertz CT molecular complexity index is 595. The summed E-state index contributed by atoms with van der Waals surface area (Å²) < 4.78 is 9.85. The Balaban J connectivity index is 2.20. The van der Waals surface area contributed by atoms with Crippen LogP contribution < -0.4 is 4.90 Å². The van der Waals surface area contributed by atoms with E-state index in [2.05, 4.69) is 10.1 Å². The maximum absolute atomic E-state index is 11.7. The fourth-order valence-corrected chi connectivity index (χ4v) is 1.88. The molecular formula is C14H17N3O3. The lowest BCUT2D eigenvalue weighted by Crippen LogP contribution is -2.20. The molecule has 0 saturated carbocycles. The molecule has 0 fully saturated rings. The minimum atomic E-state index is -0.366. The van der Waals surface area contributed by atoms with Crippen LogP contribution in [0.15, 0.2) is 28.8 Å². The largest absolute Gasteiger partial charge is 0.465 e. The van der Waals surface area contributed by atoms with E-state index in [1.165, 1.54) is 7.11 Å². The predicted octanol–water partition coefficient (Wildman–Crippen LogP) is 2.05. The van der Waals surface area contributed by atoms with Crippen LogP contribution in [0.25, 0.3) is 0 Å². The fraction of sp³-hybridized carbons (Fsp3) is 0.357. The fourth-order valence-electron chi connectivity index (χ4n) is 1.88. The summed E-state index contributed by atoms with van der Waals surface area (Å²) >= 11 is 0. The molecule has 2 rings (SSSR count). The maximum Gasteiger partial charge on any atom is 0.339 e. The molecule has 0 amide bonds. The van der Waals surface area contributed by atoms with Crippen molar-refractivity contribution in [3.05, 3.63) is 41.5 Å². The van der Waals surface area contributed by atoms with E-state index < -0.39 is 0 Å². The molecule has 1 aromatic heterocycles. The average Bonchev–Trinajstić information content (AvgIpc) is 2.94. The summed E-state index contributed by atoms with van der Waals surface area (Å²) in [6.07, 6.45) is 0.704. The molecule has 0 radical (unpaired) electrons. The summed E-state index contributed by atoms with van der Waals surface area (Å²) in [5.74, 6) is 0.827. The maximum atomic E-state index is 11.7. The van der Waals surface area contributed by atoms with Gasteiger partial charge in [-0.3, -0.25) is 0 Å². The number of para-hydroxylation sites is 1. The number of ether oxygens (including phenoxy) is 1. The number of anilines is 1. The van der Waals surface area contributed by atoms with Crippen LogP contribution in [0.3, 0.4) is 0 Å². The average molecular weight is 275 g/mol. The molecule has 0 aliphatic rings. The summed E-state index contributed by atoms with van der Waals surface area (Å²) in [5.41, 5.74) is 1.28. The van der Waals surface area contributed by atoms with Crippen LogP contribution >= 0.6 is 0 Å². The van der Waals surface area contributed by atoms with Gasteiger partial charge in [0.2, 0.25) is 5.89 Å². The SMILES string of the molecule is CCc1nc(CN(C)c2ccccc2C(=O)OC)no1. The molecule has 0 saturated heterocycles. The number of hydrogen-bond donors (Lipinski definition) is 0. The van der Waals surface area contributed by atoms with E-state index in [0.717, 1.165) is 5.69 Å². The Hall–Kier alpha value is -2.37. The monoisotopic (exact) mass is 275 g/mol. The van der Waals surface area contributed by atoms with Gasteiger partial charge in [0.1, 0.15) is 0 Å². The first-order chi connectivity index (χ1) is 9.65. The standard InChI is InChI=1S/C14H17N3O3/c1-4-13-15-12(16-20-13)9-17(2)11-8-6-5-7-10(11)14(18)19-3/h5-8H,4,9H2,1-3H3. The number of benzene rings is 1. The second-order valence-electron chi connectivity index (χ2n) is 4.32. The summed E-state index contributed by atoms with van der Waals surface area (Å²) in [7, 11) is 3.23. The van der Waals surface area contributed by atoms with Gasteiger partial charge in [0.25, 0.3) is 0 Å². The van der Waals surface area contributed by atoms with Gasteiger partial charge in [-0.15, -0.1) is 0 Å². The molecule has 0 spiro atoms. The van der Waals surface area contributed by atoms with Gasteiger partial charge in [0.05, 0.1) is 24.9 Å². The van der Waals surface area contributed by atoms with Gasteiger partial charge >= 0.3 is 5.97 Å². The third-order valence-corrected chi connectivity index (χ3v) is 2.91. The molecule has 0 unspecified atom stereocenters. The molecule has 0 aliphatic carbocycles. The second kappa shape index (κ2) is 6.18. The highest BCUT2D eigenvalue weighted by atomic mass is 16.5. The number of nitrogens with zero attached hydrogens (tertiary/aromatic N) is 3. The zero-order valence-corrected chi connectivity index (χ0v) is 11.8. The predicted molar refractivity (Wildman–Crippen MR) is 73.6 cm³/mol. The summed E-state index contributed by atoms with van der Waals surface area (Å²) in [5, 5.41) is 3.90. The van der Waals surface area contributed by atoms with Crippen molar-refractivity contribution < 1.29 is 14.1 Å². The molecule has 1 heterocycles. The van der Waals surface area contributed by atoms with E-state index in [1.807, 2.05) is 31.0 Å². The number of aryl methyl sites for hydroxylation is 1. The first-order valence-electron chi connectivity index (χ1n) is 6.35. The molecule has 2 aromatic rings. The first kappa shape index (κ1) is 14.0. The summed E-state index contributed by atoms with van der Waals surface area (Å²) in [4.78, 5) is 17.9. The lowest BCUT2D eigenvalue weighted by atomic mass is 10.1. The molecule has 106 valence electrons. The van der Waals surface area contributed by atoms with E-state index in [0.29, 0.717) is 30.2 Å². The number of aromatic nitrogens is 2. The zero-order valence-electron chi connectivity index (χ0n) is 11.8. The lowest BCUT2D eigenvalue weighted by Gasteiger charge is -2.19. The summed E-state index contributed by atoms with van der Waals surface area (Å²) in [6.45, 7) is 2.41. The van der Waals surface area contributed by atoms with Gasteiger partial charge in [-0.2, -0.15) is 4.98 Å². The van der Waals surface area contributed by atoms with Crippen molar-refractivity contribution in [1.82, 2.24) is 10.1 Å². The highest BCUT2D eigenvalue weighted by Crippen LogP contribution is 2.21. The second-order valence-corrected chi connectivity index (χ2v) is 4.32. The zero-order chi connectivity index (χ0) is 14.5. The third kappa shape index (κ3) is 2.96. The molecule has 20 heavy (non-hydrogen) atoms. The topological polar surface area (TPSA) is 68.5 Å². The van der Waals surface area contributed by atoms with E-state index in [-0.39, 0.29) is 5.97 Å². The normalized spacial score (nSPS) is 10.3. The molecular weight excluding hydrogens is 258 g/mol. The van der Waals surface area contributed by atoms with Crippen LogP contribution in [-0.4, -0.2) is 30.3 Å². The van der Waals surface area contributed by atoms with Crippen molar-refractivity contribution >= 4 is 11.7 Å². The van der Waals surface area contributed by atoms with Crippen LogP contribution in [-0.2, 0) is 17.7 Å². The van der Waals surface area contributed by atoms with Crippen molar-refractivity contribution in [1.29, 1.82) is 0 Å². The van der Waals surface area contributed by atoms with Gasteiger partial charge < -0.3 is 14.2 Å². The Morgan fingerprint density at radius 1 is 1.40 bits per heavy atom. The Kier molecular flexibility index (Phi) is 4.34. The van der Waals surface area contributed by atoms with Crippen LogP contribution in [0.4, 0.5) is 5.69 Å². The van der Waals surface area contributed by atoms with Crippen molar-refractivity contribution in [2.75, 3.05) is 19.1 Å². The highest BCUT2D eigenvalue weighted by molar-refractivity contribution is 5.95.